The van der Waals surface area contributed by atoms with E-state index in [1.54, 1.807) is 6.20 Å². The van der Waals surface area contributed by atoms with Crippen molar-refractivity contribution < 1.29 is 9.90 Å². The van der Waals surface area contributed by atoms with Crippen LogP contribution >= 0.6 is 23.7 Å². The SMILES string of the molecule is Cc1ncc(CC(=O)O)s1.Cl. The Morgan fingerprint density at radius 2 is 2.45 bits per heavy atom. The summed E-state index contributed by atoms with van der Waals surface area (Å²) in [7, 11) is 0. The number of thiazole rings is 1. The van der Waals surface area contributed by atoms with Crippen molar-refractivity contribution in [2.75, 3.05) is 0 Å². The van der Waals surface area contributed by atoms with E-state index in [0.29, 0.717) is 0 Å². The van der Waals surface area contributed by atoms with Crippen LogP contribution in [0.25, 0.3) is 0 Å². The molecule has 0 saturated heterocycles. The number of rotatable bonds is 2. The largest absolute Gasteiger partial charge is 0.481 e. The fourth-order valence-electron chi connectivity index (χ4n) is 0.636. The molecule has 0 radical (unpaired) electrons. The molecule has 11 heavy (non-hydrogen) atoms. The first kappa shape index (κ1) is 10.4. The number of aryl methyl sites for hydroxylation is 1. The second-order valence-corrected chi connectivity index (χ2v) is 3.24. The van der Waals surface area contributed by atoms with Crippen molar-refractivity contribution in [2.24, 2.45) is 0 Å². The van der Waals surface area contributed by atoms with Gasteiger partial charge in [-0.05, 0) is 6.92 Å². The summed E-state index contributed by atoms with van der Waals surface area (Å²) in [5, 5.41) is 9.27. The van der Waals surface area contributed by atoms with Crippen molar-refractivity contribution in [3.05, 3.63) is 16.1 Å². The zero-order valence-corrected chi connectivity index (χ0v) is 7.54. The summed E-state index contributed by atoms with van der Waals surface area (Å²) in [4.78, 5) is 14.9. The fourth-order valence-corrected chi connectivity index (χ4v) is 1.42. The highest BCUT2D eigenvalue weighted by molar-refractivity contribution is 7.11. The molecule has 1 aromatic heterocycles. The topological polar surface area (TPSA) is 50.2 Å². The van der Waals surface area contributed by atoms with E-state index in [-0.39, 0.29) is 18.8 Å². The molecule has 0 bridgehead atoms. The molecule has 0 atom stereocenters. The van der Waals surface area contributed by atoms with Gasteiger partial charge in [0.1, 0.15) is 0 Å². The molecule has 5 heteroatoms. The summed E-state index contributed by atoms with van der Waals surface area (Å²) in [5.41, 5.74) is 0. The summed E-state index contributed by atoms with van der Waals surface area (Å²) in [6.45, 7) is 1.86. The van der Waals surface area contributed by atoms with Crippen LogP contribution in [0.3, 0.4) is 0 Å². The Morgan fingerprint density at radius 1 is 1.82 bits per heavy atom. The molecule has 0 saturated carbocycles. The first-order valence-electron chi connectivity index (χ1n) is 2.81. The van der Waals surface area contributed by atoms with E-state index in [4.69, 9.17) is 5.11 Å². The number of hydrogen-bond donors (Lipinski definition) is 1. The van der Waals surface area contributed by atoms with Crippen molar-refractivity contribution in [1.82, 2.24) is 4.98 Å². The monoisotopic (exact) mass is 193 g/mol. The normalized spacial score (nSPS) is 8.82. The quantitative estimate of drug-likeness (QED) is 0.775. The number of aliphatic carboxylic acids is 1. The van der Waals surface area contributed by atoms with Crippen LogP contribution in [0.4, 0.5) is 0 Å². The molecular weight excluding hydrogens is 186 g/mol. The third-order valence-electron chi connectivity index (χ3n) is 0.995. The van der Waals surface area contributed by atoms with E-state index in [2.05, 4.69) is 4.98 Å². The predicted molar refractivity (Wildman–Crippen MR) is 45.4 cm³/mol. The molecule has 0 aliphatic carbocycles. The minimum atomic E-state index is -0.802. The van der Waals surface area contributed by atoms with E-state index in [9.17, 15) is 4.79 Å². The lowest BCUT2D eigenvalue weighted by molar-refractivity contribution is -0.136. The van der Waals surface area contributed by atoms with Gasteiger partial charge in [-0.1, -0.05) is 0 Å². The molecular formula is C6H8ClNO2S. The fraction of sp³-hybridized carbons (Fsp3) is 0.333. The van der Waals surface area contributed by atoms with Crippen molar-refractivity contribution in [1.29, 1.82) is 0 Å². The minimum Gasteiger partial charge on any atom is -0.481 e. The maximum atomic E-state index is 10.2. The lowest BCUT2D eigenvalue weighted by Gasteiger charge is -1.84. The van der Waals surface area contributed by atoms with Gasteiger partial charge in [-0.2, -0.15) is 0 Å². The summed E-state index contributed by atoms with van der Waals surface area (Å²) in [5.74, 6) is -0.802. The number of carboxylic acid groups (broad SMARTS) is 1. The van der Waals surface area contributed by atoms with Crippen LogP contribution in [0.2, 0.25) is 0 Å². The zero-order valence-electron chi connectivity index (χ0n) is 5.90. The molecule has 1 rings (SSSR count). The Bertz CT molecular complexity index is 248. The van der Waals surface area contributed by atoms with Gasteiger partial charge >= 0.3 is 5.97 Å². The van der Waals surface area contributed by atoms with Crippen molar-refractivity contribution >= 4 is 29.7 Å². The van der Waals surface area contributed by atoms with Gasteiger partial charge in [0.15, 0.2) is 0 Å². The Balaban J connectivity index is 0.000001000. The van der Waals surface area contributed by atoms with E-state index in [0.717, 1.165) is 9.88 Å². The number of carboxylic acids is 1. The number of halogens is 1. The molecule has 62 valence electrons. The molecule has 3 nitrogen and oxygen atoms in total. The smallest absolute Gasteiger partial charge is 0.308 e. The molecule has 0 unspecified atom stereocenters. The van der Waals surface area contributed by atoms with Gasteiger partial charge in [0, 0.05) is 11.1 Å². The van der Waals surface area contributed by atoms with Crippen LogP contribution in [-0.2, 0) is 11.2 Å². The van der Waals surface area contributed by atoms with Gasteiger partial charge in [-0.25, -0.2) is 4.98 Å². The molecule has 0 aliphatic heterocycles. The van der Waals surface area contributed by atoms with Crippen LogP contribution in [-0.4, -0.2) is 16.1 Å². The van der Waals surface area contributed by atoms with E-state index < -0.39 is 5.97 Å². The highest BCUT2D eigenvalue weighted by atomic mass is 35.5. The Kier molecular flexibility index (Phi) is 4.07. The average Bonchev–Trinajstić information content (AvgIpc) is 2.13. The highest BCUT2D eigenvalue weighted by Gasteiger charge is 2.02. The van der Waals surface area contributed by atoms with Gasteiger partial charge in [0.25, 0.3) is 0 Å². The van der Waals surface area contributed by atoms with Crippen LogP contribution < -0.4 is 0 Å². The van der Waals surface area contributed by atoms with E-state index in [1.165, 1.54) is 11.3 Å². The number of carbonyl (C=O) groups is 1. The van der Waals surface area contributed by atoms with Crippen LogP contribution in [0.1, 0.15) is 9.88 Å². The Hall–Kier alpha value is -0.610. The molecule has 0 aliphatic rings. The van der Waals surface area contributed by atoms with Gasteiger partial charge in [0.2, 0.25) is 0 Å². The Labute approximate surface area is 74.5 Å². The molecule has 1 N–H and O–H groups in total. The first-order chi connectivity index (χ1) is 4.68. The second-order valence-electron chi connectivity index (χ2n) is 1.92. The van der Waals surface area contributed by atoms with Gasteiger partial charge in [0.05, 0.1) is 11.4 Å². The van der Waals surface area contributed by atoms with Crippen LogP contribution in [0.5, 0.6) is 0 Å². The highest BCUT2D eigenvalue weighted by Crippen LogP contribution is 2.11. The number of aromatic nitrogens is 1. The van der Waals surface area contributed by atoms with Gasteiger partial charge in [-0.3, -0.25) is 4.79 Å². The average molecular weight is 194 g/mol. The number of nitrogens with zero attached hydrogens (tertiary/aromatic N) is 1. The standard InChI is InChI=1S/C6H7NO2S.ClH/c1-4-7-3-5(10-4)2-6(8)9;/h3H,2H2,1H3,(H,8,9);1H. The third kappa shape index (κ3) is 3.34. The molecule has 0 fully saturated rings. The van der Waals surface area contributed by atoms with E-state index >= 15 is 0 Å². The van der Waals surface area contributed by atoms with Crippen LogP contribution in [0.15, 0.2) is 6.20 Å². The lowest BCUT2D eigenvalue weighted by Crippen LogP contribution is -1.97. The first-order valence-corrected chi connectivity index (χ1v) is 3.63. The maximum Gasteiger partial charge on any atom is 0.308 e. The van der Waals surface area contributed by atoms with Crippen molar-refractivity contribution in [3.8, 4) is 0 Å². The summed E-state index contributed by atoms with van der Waals surface area (Å²) in [6, 6.07) is 0. The maximum absolute atomic E-state index is 10.2. The predicted octanol–water partition coefficient (Wildman–Crippen LogP) is 1.50. The van der Waals surface area contributed by atoms with E-state index in [1.807, 2.05) is 6.92 Å². The zero-order chi connectivity index (χ0) is 7.56. The third-order valence-corrected chi connectivity index (χ3v) is 1.91. The Morgan fingerprint density at radius 3 is 2.82 bits per heavy atom. The van der Waals surface area contributed by atoms with Crippen LogP contribution in [0, 0.1) is 6.92 Å². The molecule has 1 heterocycles. The van der Waals surface area contributed by atoms with Gasteiger partial charge in [-0.15, -0.1) is 23.7 Å². The second kappa shape index (κ2) is 4.31. The van der Waals surface area contributed by atoms with Crippen molar-refractivity contribution in [3.63, 3.8) is 0 Å². The molecule has 1 aromatic rings. The lowest BCUT2D eigenvalue weighted by atomic mass is 10.4. The minimum absolute atomic E-state index is 0. The number of hydrogen-bond acceptors (Lipinski definition) is 3. The van der Waals surface area contributed by atoms with Gasteiger partial charge < -0.3 is 5.11 Å². The molecule has 0 aromatic carbocycles. The van der Waals surface area contributed by atoms with Crippen molar-refractivity contribution in [2.45, 2.75) is 13.3 Å². The molecule has 0 spiro atoms. The molecule has 0 amide bonds. The summed E-state index contributed by atoms with van der Waals surface area (Å²) < 4.78 is 0. The summed E-state index contributed by atoms with van der Waals surface area (Å²) >= 11 is 1.42. The summed E-state index contributed by atoms with van der Waals surface area (Å²) in [6.07, 6.45) is 1.69.